The SMILES string of the molecule is CCNC(=O)C(C)NCc1c(C)nc2ccccn12. The molecule has 0 aromatic carbocycles. The first-order valence-corrected chi connectivity index (χ1v) is 6.57. The zero-order valence-corrected chi connectivity index (χ0v) is 11.6. The summed E-state index contributed by atoms with van der Waals surface area (Å²) < 4.78 is 2.05. The number of pyridine rings is 1. The van der Waals surface area contributed by atoms with Crippen LogP contribution in [0.3, 0.4) is 0 Å². The molecule has 0 bridgehead atoms. The number of aromatic nitrogens is 2. The van der Waals surface area contributed by atoms with Gasteiger partial charge in [-0.2, -0.15) is 0 Å². The molecule has 5 nitrogen and oxygen atoms in total. The molecular weight excluding hydrogens is 240 g/mol. The number of aryl methyl sites for hydroxylation is 1. The van der Waals surface area contributed by atoms with Gasteiger partial charge < -0.3 is 15.0 Å². The van der Waals surface area contributed by atoms with Gasteiger partial charge >= 0.3 is 0 Å². The molecule has 102 valence electrons. The monoisotopic (exact) mass is 260 g/mol. The molecule has 0 saturated carbocycles. The first-order chi connectivity index (χ1) is 9.13. The zero-order chi connectivity index (χ0) is 13.8. The van der Waals surface area contributed by atoms with Crippen molar-refractivity contribution >= 4 is 11.6 Å². The molecule has 5 heteroatoms. The maximum Gasteiger partial charge on any atom is 0.236 e. The van der Waals surface area contributed by atoms with E-state index in [1.807, 2.05) is 49.6 Å². The molecular formula is C14H20N4O. The van der Waals surface area contributed by atoms with Crippen LogP contribution in [0.4, 0.5) is 0 Å². The van der Waals surface area contributed by atoms with Crippen molar-refractivity contribution in [3.05, 3.63) is 35.8 Å². The van der Waals surface area contributed by atoms with E-state index in [1.165, 1.54) is 0 Å². The van der Waals surface area contributed by atoms with Crippen LogP contribution < -0.4 is 10.6 Å². The number of hydrogen-bond donors (Lipinski definition) is 2. The second-order valence-electron chi connectivity index (χ2n) is 4.57. The van der Waals surface area contributed by atoms with Gasteiger partial charge in [-0.1, -0.05) is 6.07 Å². The van der Waals surface area contributed by atoms with Crippen LogP contribution >= 0.6 is 0 Å². The second-order valence-corrected chi connectivity index (χ2v) is 4.57. The van der Waals surface area contributed by atoms with Crippen LogP contribution in [0.1, 0.15) is 25.2 Å². The number of likely N-dealkylation sites (N-methyl/N-ethyl adjacent to an activating group) is 1. The Morgan fingerprint density at radius 2 is 2.26 bits per heavy atom. The third-order valence-electron chi connectivity index (χ3n) is 3.15. The lowest BCUT2D eigenvalue weighted by Gasteiger charge is -2.13. The summed E-state index contributed by atoms with van der Waals surface area (Å²) in [6.07, 6.45) is 1.99. The van der Waals surface area contributed by atoms with Crippen LogP contribution in [-0.2, 0) is 11.3 Å². The summed E-state index contributed by atoms with van der Waals surface area (Å²) >= 11 is 0. The normalized spacial score (nSPS) is 12.6. The molecule has 2 heterocycles. The quantitative estimate of drug-likeness (QED) is 0.851. The van der Waals surface area contributed by atoms with Crippen LogP contribution in [0.15, 0.2) is 24.4 Å². The van der Waals surface area contributed by atoms with E-state index < -0.39 is 0 Å². The molecule has 1 atom stereocenters. The van der Waals surface area contributed by atoms with Gasteiger partial charge in [0.25, 0.3) is 0 Å². The second kappa shape index (κ2) is 5.84. The summed E-state index contributed by atoms with van der Waals surface area (Å²) in [6.45, 7) is 7.04. The van der Waals surface area contributed by atoms with Crippen molar-refractivity contribution in [2.45, 2.75) is 33.4 Å². The van der Waals surface area contributed by atoms with Gasteiger partial charge in [-0.05, 0) is 32.9 Å². The van der Waals surface area contributed by atoms with Gasteiger partial charge in [0.05, 0.1) is 17.4 Å². The number of carbonyl (C=O) groups excluding carboxylic acids is 1. The van der Waals surface area contributed by atoms with Gasteiger partial charge in [-0.15, -0.1) is 0 Å². The van der Waals surface area contributed by atoms with E-state index in [0.29, 0.717) is 13.1 Å². The van der Waals surface area contributed by atoms with Crippen LogP contribution in [0, 0.1) is 6.92 Å². The summed E-state index contributed by atoms with van der Waals surface area (Å²) in [4.78, 5) is 16.1. The minimum Gasteiger partial charge on any atom is -0.355 e. The van der Waals surface area contributed by atoms with E-state index in [-0.39, 0.29) is 11.9 Å². The first-order valence-electron chi connectivity index (χ1n) is 6.57. The predicted molar refractivity (Wildman–Crippen MR) is 74.9 cm³/mol. The molecule has 2 aromatic heterocycles. The largest absolute Gasteiger partial charge is 0.355 e. The van der Waals surface area contributed by atoms with Gasteiger partial charge in [-0.25, -0.2) is 4.98 Å². The van der Waals surface area contributed by atoms with Gasteiger partial charge in [0.2, 0.25) is 5.91 Å². The molecule has 0 fully saturated rings. The molecule has 0 aliphatic heterocycles. The molecule has 1 amide bonds. The summed E-state index contributed by atoms with van der Waals surface area (Å²) in [6, 6.07) is 5.71. The Kier molecular flexibility index (Phi) is 4.16. The Hall–Kier alpha value is -1.88. The van der Waals surface area contributed by atoms with Crippen molar-refractivity contribution < 1.29 is 4.79 Å². The number of carbonyl (C=O) groups is 1. The zero-order valence-electron chi connectivity index (χ0n) is 11.6. The van der Waals surface area contributed by atoms with Crippen molar-refractivity contribution in [3.8, 4) is 0 Å². The Labute approximate surface area is 113 Å². The predicted octanol–water partition coefficient (Wildman–Crippen LogP) is 1.26. The number of hydrogen-bond acceptors (Lipinski definition) is 3. The summed E-state index contributed by atoms with van der Waals surface area (Å²) in [7, 11) is 0. The fourth-order valence-electron chi connectivity index (χ4n) is 2.05. The smallest absolute Gasteiger partial charge is 0.236 e. The lowest BCUT2D eigenvalue weighted by molar-refractivity contribution is -0.122. The van der Waals surface area contributed by atoms with Crippen molar-refractivity contribution in [1.29, 1.82) is 0 Å². The van der Waals surface area contributed by atoms with Gasteiger partial charge in [0.15, 0.2) is 0 Å². The van der Waals surface area contributed by atoms with Gasteiger partial charge in [0.1, 0.15) is 5.65 Å². The highest BCUT2D eigenvalue weighted by Crippen LogP contribution is 2.11. The van der Waals surface area contributed by atoms with E-state index in [0.717, 1.165) is 17.0 Å². The van der Waals surface area contributed by atoms with E-state index in [4.69, 9.17) is 0 Å². The highest BCUT2D eigenvalue weighted by molar-refractivity contribution is 5.81. The minimum absolute atomic E-state index is 0.0222. The third-order valence-corrected chi connectivity index (χ3v) is 3.15. The average molecular weight is 260 g/mol. The minimum atomic E-state index is -0.214. The van der Waals surface area contributed by atoms with Crippen LogP contribution in [-0.4, -0.2) is 27.9 Å². The number of nitrogens with one attached hydrogen (secondary N) is 2. The number of rotatable bonds is 5. The Balaban J connectivity index is 2.09. The molecule has 0 aliphatic carbocycles. The molecule has 0 radical (unpaired) electrons. The van der Waals surface area contributed by atoms with Crippen LogP contribution in [0.5, 0.6) is 0 Å². The average Bonchev–Trinajstić information content (AvgIpc) is 2.72. The third kappa shape index (κ3) is 2.93. The highest BCUT2D eigenvalue weighted by atomic mass is 16.2. The number of nitrogens with zero attached hydrogens (tertiary/aromatic N) is 2. The lowest BCUT2D eigenvalue weighted by atomic mass is 10.2. The molecule has 2 aromatic rings. The Bertz CT molecular complexity index is 576. The van der Waals surface area contributed by atoms with E-state index in [9.17, 15) is 4.79 Å². The molecule has 2 N–H and O–H groups in total. The fraction of sp³-hybridized carbons (Fsp3) is 0.429. The highest BCUT2D eigenvalue weighted by Gasteiger charge is 2.13. The maximum absolute atomic E-state index is 11.7. The van der Waals surface area contributed by atoms with Gasteiger partial charge in [-0.3, -0.25) is 4.79 Å². The topological polar surface area (TPSA) is 58.4 Å². The fourth-order valence-corrected chi connectivity index (χ4v) is 2.05. The molecule has 0 spiro atoms. The molecule has 0 aliphatic rings. The number of amides is 1. The lowest BCUT2D eigenvalue weighted by Crippen LogP contribution is -2.41. The molecule has 0 saturated heterocycles. The van der Waals surface area contributed by atoms with Crippen molar-refractivity contribution in [1.82, 2.24) is 20.0 Å². The standard InChI is InChI=1S/C14H20N4O/c1-4-15-14(19)11(3)16-9-12-10(2)17-13-7-5-6-8-18(12)13/h5-8,11,16H,4,9H2,1-3H3,(H,15,19). The maximum atomic E-state index is 11.7. The summed E-state index contributed by atoms with van der Waals surface area (Å²) in [5, 5.41) is 6.03. The van der Waals surface area contributed by atoms with Crippen LogP contribution in [0.25, 0.3) is 5.65 Å². The van der Waals surface area contributed by atoms with Crippen LogP contribution in [0.2, 0.25) is 0 Å². The molecule has 1 unspecified atom stereocenters. The van der Waals surface area contributed by atoms with Crippen molar-refractivity contribution in [2.75, 3.05) is 6.54 Å². The Morgan fingerprint density at radius 1 is 1.47 bits per heavy atom. The number of imidazole rings is 1. The summed E-state index contributed by atoms with van der Waals surface area (Å²) in [5.74, 6) is 0.0222. The van der Waals surface area contributed by atoms with Gasteiger partial charge in [0, 0.05) is 19.3 Å². The first kappa shape index (κ1) is 13.5. The van der Waals surface area contributed by atoms with E-state index in [1.54, 1.807) is 0 Å². The molecule has 2 rings (SSSR count). The van der Waals surface area contributed by atoms with Crippen molar-refractivity contribution in [2.24, 2.45) is 0 Å². The van der Waals surface area contributed by atoms with E-state index in [2.05, 4.69) is 15.6 Å². The van der Waals surface area contributed by atoms with E-state index >= 15 is 0 Å². The number of fused-ring (bicyclic) bond motifs is 1. The Morgan fingerprint density at radius 3 is 3.00 bits per heavy atom. The van der Waals surface area contributed by atoms with Crippen molar-refractivity contribution in [3.63, 3.8) is 0 Å². The summed E-state index contributed by atoms with van der Waals surface area (Å²) in [5.41, 5.74) is 3.01. The molecule has 19 heavy (non-hydrogen) atoms.